The van der Waals surface area contributed by atoms with Crippen LogP contribution in [-0.2, 0) is 43.0 Å². The molecule has 47 heavy (non-hydrogen) atoms. The molecule has 12 heteroatoms. The molecule has 2 aromatic carbocycles. The Bertz CT molecular complexity index is 1600. The monoisotopic (exact) mass is 687 g/mol. The average Bonchev–Trinajstić information content (AvgIpc) is 3.04. The topological polar surface area (TPSA) is 125 Å². The molecule has 2 N–H and O–H groups in total. The number of nitrogens with one attached hydrogen (secondary N) is 1. The Morgan fingerprint density at radius 2 is 1.89 bits per heavy atom. The average molecular weight is 688 g/mol. The number of fused-ring (bicyclic) bond motifs is 6. The minimum Gasteiger partial charge on any atom is -0.487 e. The van der Waals surface area contributed by atoms with Crippen LogP contribution in [0.25, 0.3) is 0 Å². The first-order valence-corrected chi connectivity index (χ1v) is 19.1. The Labute approximate surface area is 282 Å². The van der Waals surface area contributed by atoms with Crippen LogP contribution in [0.1, 0.15) is 68.1 Å². The normalized spacial score (nSPS) is 28.9. The van der Waals surface area contributed by atoms with Gasteiger partial charge in [-0.1, -0.05) is 23.7 Å². The Hall–Kier alpha value is -2.86. The van der Waals surface area contributed by atoms with E-state index in [2.05, 4.69) is 4.90 Å². The molecule has 0 aromatic heterocycles. The lowest BCUT2D eigenvalue weighted by Crippen LogP contribution is -2.50. The van der Waals surface area contributed by atoms with Gasteiger partial charge in [0.05, 0.1) is 24.5 Å². The molecule has 256 valence electrons. The highest BCUT2D eigenvalue weighted by atomic mass is 35.5. The Morgan fingerprint density at radius 1 is 1.06 bits per heavy atom. The lowest BCUT2D eigenvalue weighted by Gasteiger charge is -2.47. The molecule has 1 saturated carbocycles. The molecule has 10 nitrogen and oxygen atoms in total. The Balaban J connectivity index is 1.44. The minimum atomic E-state index is -4.03. The fraction of sp³-hybridized carbons (Fsp3) is 0.600. The van der Waals surface area contributed by atoms with E-state index in [-0.39, 0.29) is 11.7 Å². The first-order chi connectivity index (χ1) is 22.4. The molecule has 1 saturated heterocycles. The molecule has 0 radical (unpaired) electrons. The molecule has 6 rings (SSSR count). The van der Waals surface area contributed by atoms with Crippen LogP contribution in [0.3, 0.4) is 0 Å². The van der Waals surface area contributed by atoms with Crippen molar-refractivity contribution in [3.05, 3.63) is 58.1 Å². The fourth-order valence-corrected chi connectivity index (χ4v) is 8.37. The quantitative estimate of drug-likeness (QED) is 0.476. The largest absolute Gasteiger partial charge is 0.487 e. The molecule has 5 atom stereocenters. The van der Waals surface area contributed by atoms with Crippen LogP contribution in [0.4, 0.5) is 5.69 Å². The van der Waals surface area contributed by atoms with E-state index in [1.807, 2.05) is 22.9 Å². The number of anilines is 1. The first-order valence-electron chi connectivity index (χ1n) is 16.8. The Kier molecular flexibility index (Phi) is 10.1. The summed E-state index contributed by atoms with van der Waals surface area (Å²) in [5.41, 5.74) is 0.573. The van der Waals surface area contributed by atoms with E-state index < -0.39 is 33.9 Å². The van der Waals surface area contributed by atoms with E-state index >= 15 is 0 Å². The molecular formula is C35H46ClN3O7S. The summed E-state index contributed by atoms with van der Waals surface area (Å²) in [5.74, 6) is 0.207. The van der Waals surface area contributed by atoms with Crippen LogP contribution < -0.4 is 14.4 Å². The summed E-state index contributed by atoms with van der Waals surface area (Å²) in [6.45, 7) is 2.94. The number of carbonyl (C=O) groups is 2. The SMILES string of the molecule is CN1CC[C@H]2CCO[C@@H](C2)[C@@H]2CC[C@H]2CN2CCCCc3cc(Cl)ccc3COc3ccc(cc32)[C@@](O)(C(=O)NS(C)(=O)=O)CC1=O. The van der Waals surface area contributed by atoms with Crippen LogP contribution in [0.15, 0.2) is 36.4 Å². The number of ether oxygens (including phenoxy) is 2. The lowest BCUT2D eigenvalue weighted by molar-refractivity contribution is -0.148. The maximum atomic E-state index is 13.6. The Morgan fingerprint density at radius 3 is 2.66 bits per heavy atom. The molecule has 4 aliphatic rings. The number of halogens is 1. The smallest absolute Gasteiger partial charge is 0.270 e. The summed E-state index contributed by atoms with van der Waals surface area (Å²) in [4.78, 5) is 31.0. The number of aryl methyl sites for hydroxylation is 1. The van der Waals surface area contributed by atoms with Gasteiger partial charge in [-0.15, -0.1) is 0 Å². The predicted molar refractivity (Wildman–Crippen MR) is 180 cm³/mol. The van der Waals surface area contributed by atoms with Crippen LogP contribution in [0.2, 0.25) is 5.02 Å². The summed E-state index contributed by atoms with van der Waals surface area (Å²) in [6.07, 6.45) is 7.99. The van der Waals surface area contributed by atoms with E-state index in [1.165, 1.54) is 4.90 Å². The number of amides is 2. The minimum absolute atomic E-state index is 0.132. The van der Waals surface area contributed by atoms with Crippen molar-refractivity contribution < 1.29 is 32.6 Å². The van der Waals surface area contributed by atoms with Gasteiger partial charge in [-0.25, -0.2) is 8.42 Å². The van der Waals surface area contributed by atoms with Gasteiger partial charge < -0.3 is 24.4 Å². The highest BCUT2D eigenvalue weighted by Crippen LogP contribution is 2.45. The van der Waals surface area contributed by atoms with E-state index in [9.17, 15) is 23.1 Å². The summed E-state index contributed by atoms with van der Waals surface area (Å²) < 4.78 is 39.2. The van der Waals surface area contributed by atoms with Crippen molar-refractivity contribution in [2.45, 2.75) is 76.1 Å². The number of benzene rings is 2. The molecule has 2 fully saturated rings. The number of aliphatic hydroxyl groups is 1. The third-order valence-electron chi connectivity index (χ3n) is 10.6. The number of carbonyl (C=O) groups excluding carboxylic acids is 2. The van der Waals surface area contributed by atoms with Crippen LogP contribution in [-0.4, -0.2) is 75.9 Å². The second-order valence-electron chi connectivity index (χ2n) is 13.9. The summed E-state index contributed by atoms with van der Waals surface area (Å²) in [5, 5.41) is 12.8. The lowest BCUT2D eigenvalue weighted by atomic mass is 9.67. The van der Waals surface area contributed by atoms with Crippen LogP contribution in [0.5, 0.6) is 5.75 Å². The number of sulfonamides is 1. The highest BCUT2D eigenvalue weighted by molar-refractivity contribution is 7.89. The van der Waals surface area contributed by atoms with E-state index in [0.717, 1.165) is 75.3 Å². The van der Waals surface area contributed by atoms with Gasteiger partial charge in [0.15, 0.2) is 5.60 Å². The van der Waals surface area contributed by atoms with Crippen molar-refractivity contribution in [3.8, 4) is 5.75 Å². The molecule has 3 aliphatic heterocycles. The fourth-order valence-electron chi connectivity index (χ4n) is 7.67. The van der Waals surface area contributed by atoms with E-state index in [4.69, 9.17) is 21.1 Å². The zero-order valence-electron chi connectivity index (χ0n) is 27.3. The number of nitrogens with zero attached hydrogens (tertiary/aromatic N) is 2. The molecule has 1 aliphatic carbocycles. The molecule has 0 unspecified atom stereocenters. The van der Waals surface area contributed by atoms with Gasteiger partial charge in [0.25, 0.3) is 5.91 Å². The van der Waals surface area contributed by atoms with Crippen molar-refractivity contribution in [2.24, 2.45) is 17.8 Å². The van der Waals surface area contributed by atoms with Crippen molar-refractivity contribution >= 4 is 39.1 Å². The second kappa shape index (κ2) is 13.9. The number of rotatable bonds is 2. The maximum absolute atomic E-state index is 13.6. The van der Waals surface area contributed by atoms with E-state index in [0.29, 0.717) is 60.5 Å². The predicted octanol–water partition coefficient (Wildman–Crippen LogP) is 4.40. The first kappa shape index (κ1) is 34.0. The molecule has 2 aromatic rings. The van der Waals surface area contributed by atoms with Gasteiger partial charge in [0.2, 0.25) is 15.9 Å². The molecule has 2 amide bonds. The van der Waals surface area contributed by atoms with Gasteiger partial charge in [0.1, 0.15) is 12.4 Å². The van der Waals surface area contributed by atoms with Gasteiger partial charge in [-0.3, -0.25) is 14.3 Å². The summed E-state index contributed by atoms with van der Waals surface area (Å²) in [7, 11) is -2.37. The summed E-state index contributed by atoms with van der Waals surface area (Å²) in [6, 6.07) is 10.8. The van der Waals surface area contributed by atoms with Gasteiger partial charge >= 0.3 is 0 Å². The summed E-state index contributed by atoms with van der Waals surface area (Å²) >= 11 is 6.35. The number of hydrogen-bond acceptors (Lipinski definition) is 8. The van der Waals surface area contributed by atoms with Crippen LogP contribution in [0, 0.1) is 17.8 Å². The third kappa shape index (κ3) is 7.74. The maximum Gasteiger partial charge on any atom is 0.270 e. The van der Waals surface area contributed by atoms with Gasteiger partial charge in [0, 0.05) is 38.3 Å². The zero-order valence-corrected chi connectivity index (χ0v) is 28.8. The third-order valence-corrected chi connectivity index (χ3v) is 11.4. The van der Waals surface area contributed by atoms with Crippen molar-refractivity contribution in [1.29, 1.82) is 0 Å². The van der Waals surface area contributed by atoms with Gasteiger partial charge in [-0.05, 0) is 110 Å². The van der Waals surface area contributed by atoms with Crippen molar-refractivity contribution in [3.63, 3.8) is 0 Å². The standard InChI is InChI=1S/C35H46ClN3O7S/c1-38-15-12-23-13-16-45-32(17-23)29-10-7-25(29)21-39-14-4-3-5-24-18-28(36)9-6-26(24)22-46-31-11-8-27(19-30(31)39)35(42,20-33(38)40)34(41)37-47(2,43)44/h6,8-9,11,18-19,23,25,29,32,42H,3-5,7,10,12-17,20-22H2,1-2H3,(H,37,41)/t23-,25-,29+,32-,35+/m0/s1. The van der Waals surface area contributed by atoms with Crippen molar-refractivity contribution in [2.75, 3.05) is 44.4 Å². The van der Waals surface area contributed by atoms with Gasteiger partial charge in [-0.2, -0.15) is 0 Å². The van der Waals surface area contributed by atoms with E-state index in [1.54, 1.807) is 25.2 Å². The molecule has 3 heterocycles. The zero-order chi connectivity index (χ0) is 33.3. The van der Waals surface area contributed by atoms with Crippen molar-refractivity contribution in [1.82, 2.24) is 9.62 Å². The molecule has 0 spiro atoms. The molecular weight excluding hydrogens is 642 g/mol. The highest BCUT2D eigenvalue weighted by Gasteiger charge is 2.44. The number of hydrogen-bond donors (Lipinski definition) is 2. The second-order valence-corrected chi connectivity index (χ2v) is 16.1. The molecule has 4 bridgehead atoms. The van der Waals surface area contributed by atoms with Crippen LogP contribution >= 0.6 is 11.6 Å².